The first-order valence-corrected chi connectivity index (χ1v) is 8.01. The van der Waals surface area contributed by atoms with Crippen molar-refractivity contribution in [1.29, 1.82) is 0 Å². The smallest absolute Gasteiger partial charge is 0.243 e. The van der Waals surface area contributed by atoms with Crippen molar-refractivity contribution < 1.29 is 13.2 Å². The minimum atomic E-state index is -3.08. The fourth-order valence-electron chi connectivity index (χ4n) is 1.57. The Morgan fingerprint density at radius 2 is 1.80 bits per heavy atom. The van der Waals surface area contributed by atoms with Gasteiger partial charge in [0.1, 0.15) is 15.9 Å². The molecule has 0 fully saturated rings. The van der Waals surface area contributed by atoms with Gasteiger partial charge in [-0.25, -0.2) is 8.42 Å². The molecule has 0 aromatic heterocycles. The van der Waals surface area contributed by atoms with Crippen LogP contribution < -0.4 is 5.73 Å². The third-order valence-corrected chi connectivity index (χ3v) is 3.80. The minimum absolute atomic E-state index is 0. The summed E-state index contributed by atoms with van der Waals surface area (Å²) >= 11 is 0. The molecule has 0 aliphatic carbocycles. The van der Waals surface area contributed by atoms with Gasteiger partial charge in [-0.2, -0.15) is 0 Å². The second-order valence-electron chi connectivity index (χ2n) is 4.78. The molecule has 0 heterocycles. The standard InChI is InChI=1S/C13H20N2O3S.ClH/c1-10-4-6-11(7-5-10)12(14)13(16)15(2)8-9-19(3,17)18;/h4-7,12H,8-9,14H2,1-3H3;1H. The molecule has 0 saturated heterocycles. The molecule has 0 spiro atoms. The van der Waals surface area contributed by atoms with E-state index in [1.54, 1.807) is 7.05 Å². The summed E-state index contributed by atoms with van der Waals surface area (Å²) in [5, 5.41) is 0. The van der Waals surface area contributed by atoms with Gasteiger partial charge in [-0.1, -0.05) is 29.8 Å². The van der Waals surface area contributed by atoms with Crippen LogP contribution in [-0.4, -0.2) is 44.8 Å². The van der Waals surface area contributed by atoms with E-state index in [1.165, 1.54) is 4.90 Å². The van der Waals surface area contributed by atoms with E-state index in [0.29, 0.717) is 0 Å². The number of benzene rings is 1. The highest BCUT2D eigenvalue weighted by molar-refractivity contribution is 7.90. The van der Waals surface area contributed by atoms with Gasteiger partial charge in [-0.3, -0.25) is 4.79 Å². The van der Waals surface area contributed by atoms with E-state index in [4.69, 9.17) is 5.73 Å². The Hall–Kier alpha value is -1.11. The predicted molar refractivity (Wildman–Crippen MR) is 82.7 cm³/mol. The van der Waals surface area contributed by atoms with Crippen molar-refractivity contribution in [3.8, 4) is 0 Å². The normalized spacial score (nSPS) is 12.4. The number of hydrogen-bond donors (Lipinski definition) is 1. The molecule has 1 aromatic rings. The van der Waals surface area contributed by atoms with Crippen LogP contribution in [0.2, 0.25) is 0 Å². The largest absolute Gasteiger partial charge is 0.343 e. The van der Waals surface area contributed by atoms with Crippen molar-refractivity contribution in [2.24, 2.45) is 5.73 Å². The molecule has 1 aromatic carbocycles. The van der Waals surface area contributed by atoms with Gasteiger partial charge in [-0.05, 0) is 12.5 Å². The Morgan fingerprint density at radius 3 is 2.25 bits per heavy atom. The van der Waals surface area contributed by atoms with E-state index >= 15 is 0 Å². The minimum Gasteiger partial charge on any atom is -0.343 e. The highest BCUT2D eigenvalue weighted by Gasteiger charge is 2.20. The molecule has 20 heavy (non-hydrogen) atoms. The van der Waals surface area contributed by atoms with Gasteiger partial charge in [0.2, 0.25) is 5.91 Å². The maximum absolute atomic E-state index is 12.1. The van der Waals surface area contributed by atoms with Gasteiger partial charge in [0, 0.05) is 19.8 Å². The molecule has 0 aliphatic rings. The van der Waals surface area contributed by atoms with Crippen LogP contribution >= 0.6 is 12.4 Å². The first-order chi connectivity index (χ1) is 8.70. The number of amides is 1. The van der Waals surface area contributed by atoms with Crippen molar-refractivity contribution in [3.63, 3.8) is 0 Å². The van der Waals surface area contributed by atoms with E-state index in [-0.39, 0.29) is 30.6 Å². The van der Waals surface area contributed by atoms with Crippen molar-refractivity contribution in [2.45, 2.75) is 13.0 Å². The van der Waals surface area contributed by atoms with Crippen molar-refractivity contribution in [1.82, 2.24) is 4.90 Å². The second kappa shape index (κ2) is 7.61. The molecule has 1 amide bonds. The zero-order valence-electron chi connectivity index (χ0n) is 11.9. The van der Waals surface area contributed by atoms with Gasteiger partial charge >= 0.3 is 0 Å². The number of sulfone groups is 1. The molecule has 0 saturated carbocycles. The van der Waals surface area contributed by atoms with Crippen LogP contribution in [0.5, 0.6) is 0 Å². The molecule has 5 nitrogen and oxygen atoms in total. The summed E-state index contributed by atoms with van der Waals surface area (Å²) in [5.41, 5.74) is 7.70. The van der Waals surface area contributed by atoms with Crippen LogP contribution in [0, 0.1) is 6.92 Å². The SMILES string of the molecule is Cc1ccc(C(N)C(=O)N(C)CCS(C)(=O)=O)cc1.Cl. The lowest BCUT2D eigenvalue weighted by atomic mass is 10.1. The Kier molecular flexibility index (Phi) is 7.19. The van der Waals surface area contributed by atoms with Crippen LogP contribution in [0.1, 0.15) is 17.2 Å². The molecule has 7 heteroatoms. The summed E-state index contributed by atoms with van der Waals surface area (Å²) in [6.07, 6.45) is 1.14. The van der Waals surface area contributed by atoms with E-state index in [1.807, 2.05) is 31.2 Å². The Labute approximate surface area is 126 Å². The van der Waals surface area contributed by atoms with Gasteiger partial charge in [0.15, 0.2) is 0 Å². The number of likely N-dealkylation sites (N-methyl/N-ethyl adjacent to an activating group) is 1. The Balaban J connectivity index is 0.00000361. The highest BCUT2D eigenvalue weighted by atomic mass is 35.5. The molecule has 1 atom stereocenters. The molecule has 1 unspecified atom stereocenters. The fraction of sp³-hybridized carbons (Fsp3) is 0.462. The van der Waals surface area contributed by atoms with Crippen LogP contribution in [0.4, 0.5) is 0 Å². The Morgan fingerprint density at radius 1 is 1.30 bits per heavy atom. The monoisotopic (exact) mass is 320 g/mol. The predicted octanol–water partition coefficient (Wildman–Crippen LogP) is 0.920. The zero-order chi connectivity index (χ0) is 14.6. The molecular weight excluding hydrogens is 300 g/mol. The van der Waals surface area contributed by atoms with E-state index in [9.17, 15) is 13.2 Å². The summed E-state index contributed by atoms with van der Waals surface area (Å²) in [4.78, 5) is 13.4. The topological polar surface area (TPSA) is 80.5 Å². The molecule has 2 N–H and O–H groups in total. The number of hydrogen-bond acceptors (Lipinski definition) is 4. The van der Waals surface area contributed by atoms with Crippen molar-refractivity contribution >= 4 is 28.2 Å². The maximum atomic E-state index is 12.1. The summed E-state index contributed by atoms with van der Waals surface area (Å²) in [6, 6.07) is 6.63. The lowest BCUT2D eigenvalue weighted by Gasteiger charge is -2.21. The lowest BCUT2D eigenvalue weighted by Crippen LogP contribution is -2.38. The quantitative estimate of drug-likeness (QED) is 0.874. The van der Waals surface area contributed by atoms with Crippen LogP contribution in [0.25, 0.3) is 0 Å². The third kappa shape index (κ3) is 5.90. The number of halogens is 1. The van der Waals surface area contributed by atoms with Gasteiger partial charge in [-0.15, -0.1) is 12.4 Å². The second-order valence-corrected chi connectivity index (χ2v) is 7.04. The highest BCUT2D eigenvalue weighted by Crippen LogP contribution is 2.13. The fourth-order valence-corrected chi connectivity index (χ4v) is 2.17. The average molecular weight is 321 g/mol. The summed E-state index contributed by atoms with van der Waals surface area (Å²) in [5.74, 6) is -0.344. The number of nitrogens with two attached hydrogens (primary N) is 1. The average Bonchev–Trinajstić information content (AvgIpc) is 2.34. The van der Waals surface area contributed by atoms with Gasteiger partial charge in [0.05, 0.1) is 5.75 Å². The van der Waals surface area contributed by atoms with Crippen LogP contribution in [-0.2, 0) is 14.6 Å². The van der Waals surface area contributed by atoms with Crippen molar-refractivity contribution in [3.05, 3.63) is 35.4 Å². The molecule has 0 bridgehead atoms. The molecule has 0 radical (unpaired) electrons. The molecule has 0 aliphatic heterocycles. The van der Waals surface area contributed by atoms with E-state index in [0.717, 1.165) is 17.4 Å². The van der Waals surface area contributed by atoms with Gasteiger partial charge in [0.25, 0.3) is 0 Å². The third-order valence-electron chi connectivity index (χ3n) is 2.88. The Bertz CT molecular complexity index is 543. The number of carbonyl (C=O) groups excluding carboxylic acids is 1. The van der Waals surface area contributed by atoms with Gasteiger partial charge < -0.3 is 10.6 Å². The van der Waals surface area contributed by atoms with Crippen LogP contribution in [0.15, 0.2) is 24.3 Å². The summed E-state index contributed by atoms with van der Waals surface area (Å²) < 4.78 is 22.1. The number of carbonyl (C=O) groups is 1. The summed E-state index contributed by atoms with van der Waals surface area (Å²) in [7, 11) is -1.53. The lowest BCUT2D eigenvalue weighted by molar-refractivity contribution is -0.131. The van der Waals surface area contributed by atoms with Crippen molar-refractivity contribution in [2.75, 3.05) is 25.6 Å². The maximum Gasteiger partial charge on any atom is 0.243 e. The summed E-state index contributed by atoms with van der Waals surface area (Å²) in [6.45, 7) is 2.10. The first-order valence-electron chi connectivity index (χ1n) is 5.95. The van der Waals surface area contributed by atoms with E-state index in [2.05, 4.69) is 0 Å². The molecular formula is C13H21ClN2O3S. The first kappa shape index (κ1) is 18.9. The molecule has 1 rings (SSSR count). The van der Waals surface area contributed by atoms with Crippen LogP contribution in [0.3, 0.4) is 0 Å². The molecule has 114 valence electrons. The number of nitrogens with zero attached hydrogens (tertiary/aromatic N) is 1. The number of rotatable bonds is 5. The van der Waals surface area contributed by atoms with E-state index < -0.39 is 15.9 Å². The zero-order valence-corrected chi connectivity index (χ0v) is 13.5. The number of aryl methyl sites for hydroxylation is 1.